The molecule has 1 aromatic carbocycles. The zero-order valence-electron chi connectivity index (χ0n) is 19.8. The number of thiophene rings is 1. The van der Waals surface area contributed by atoms with Gasteiger partial charge in [-0.3, -0.25) is 9.59 Å². The van der Waals surface area contributed by atoms with Gasteiger partial charge in [-0.15, -0.1) is 11.3 Å². The maximum Gasteiger partial charge on any atom is 0.341 e. The number of rotatable bonds is 8. The van der Waals surface area contributed by atoms with Crippen molar-refractivity contribution >= 4 is 34.5 Å². The van der Waals surface area contributed by atoms with E-state index in [1.807, 2.05) is 0 Å². The molecule has 3 rings (SSSR count). The van der Waals surface area contributed by atoms with Gasteiger partial charge in [-0.1, -0.05) is 20.8 Å². The summed E-state index contributed by atoms with van der Waals surface area (Å²) in [6.45, 7) is 8.46. The third-order valence-electron chi connectivity index (χ3n) is 5.91. The van der Waals surface area contributed by atoms with Crippen LogP contribution < -0.4 is 14.8 Å². The van der Waals surface area contributed by atoms with Crippen molar-refractivity contribution in [3.05, 3.63) is 39.8 Å². The Morgan fingerprint density at radius 3 is 2.64 bits per heavy atom. The molecule has 1 amide bonds. The number of ether oxygens (including phenoxy) is 3. The van der Waals surface area contributed by atoms with Crippen LogP contribution in [0.1, 0.15) is 65.3 Å². The Labute approximate surface area is 198 Å². The number of amides is 1. The Morgan fingerprint density at radius 1 is 1.24 bits per heavy atom. The van der Waals surface area contributed by atoms with Gasteiger partial charge < -0.3 is 19.5 Å². The number of anilines is 1. The maximum absolute atomic E-state index is 12.7. The van der Waals surface area contributed by atoms with Gasteiger partial charge in [0, 0.05) is 10.4 Å². The first kappa shape index (κ1) is 24.8. The van der Waals surface area contributed by atoms with Gasteiger partial charge in [0.2, 0.25) is 0 Å². The monoisotopic (exact) mass is 473 g/mol. The largest absolute Gasteiger partial charge is 0.493 e. The molecule has 178 valence electrons. The first-order valence-corrected chi connectivity index (χ1v) is 11.9. The number of nitrogens with one attached hydrogen (secondary N) is 1. The second-order valence-electron chi connectivity index (χ2n) is 9.10. The molecule has 0 saturated carbocycles. The number of hydrogen-bond acceptors (Lipinski definition) is 7. The molecule has 0 bridgehead atoms. The molecular formula is C25H31NO6S. The Balaban J connectivity index is 1.78. The summed E-state index contributed by atoms with van der Waals surface area (Å²) >= 11 is 1.45. The second kappa shape index (κ2) is 10.4. The van der Waals surface area contributed by atoms with Crippen LogP contribution >= 0.6 is 11.3 Å². The highest BCUT2D eigenvalue weighted by molar-refractivity contribution is 7.17. The molecule has 1 N–H and O–H groups in total. The minimum Gasteiger partial charge on any atom is -0.493 e. The molecule has 2 aromatic rings. The fraction of sp³-hybridized carbons (Fsp3) is 0.480. The molecule has 0 aliphatic heterocycles. The van der Waals surface area contributed by atoms with E-state index in [0.29, 0.717) is 39.8 Å². The van der Waals surface area contributed by atoms with Crippen molar-refractivity contribution in [3.63, 3.8) is 0 Å². The Morgan fingerprint density at radius 2 is 2.00 bits per heavy atom. The SMILES string of the molecule is CCOC(=O)c1c(NC(=O)COc2ccc(C=O)cc2OC)sc2c1CC[C@H](C(C)(C)C)C2. The van der Waals surface area contributed by atoms with Crippen LogP contribution in [0.15, 0.2) is 18.2 Å². The average Bonchev–Trinajstić information content (AvgIpc) is 3.14. The fourth-order valence-corrected chi connectivity index (χ4v) is 5.35. The van der Waals surface area contributed by atoms with Gasteiger partial charge in [-0.05, 0) is 61.3 Å². The highest BCUT2D eigenvalue weighted by Gasteiger charge is 2.34. The molecule has 33 heavy (non-hydrogen) atoms. The van der Waals surface area contributed by atoms with E-state index in [1.54, 1.807) is 19.1 Å². The summed E-state index contributed by atoms with van der Waals surface area (Å²) in [4.78, 5) is 37.5. The smallest absolute Gasteiger partial charge is 0.341 e. The maximum atomic E-state index is 12.7. The van der Waals surface area contributed by atoms with Crippen molar-refractivity contribution in [1.82, 2.24) is 0 Å². The lowest BCUT2D eigenvalue weighted by atomic mass is 9.72. The normalized spacial score (nSPS) is 15.4. The van der Waals surface area contributed by atoms with Crippen LogP contribution in [0.3, 0.4) is 0 Å². The number of hydrogen-bond donors (Lipinski definition) is 1. The van der Waals surface area contributed by atoms with E-state index >= 15 is 0 Å². The lowest BCUT2D eigenvalue weighted by molar-refractivity contribution is -0.118. The van der Waals surface area contributed by atoms with E-state index in [1.165, 1.54) is 24.5 Å². The summed E-state index contributed by atoms with van der Waals surface area (Å²) in [6, 6.07) is 4.70. The minimum atomic E-state index is -0.411. The van der Waals surface area contributed by atoms with E-state index in [-0.39, 0.29) is 18.6 Å². The predicted molar refractivity (Wildman–Crippen MR) is 128 cm³/mol. The van der Waals surface area contributed by atoms with Crippen LogP contribution in [-0.2, 0) is 22.4 Å². The number of carbonyl (C=O) groups excluding carboxylic acids is 3. The van der Waals surface area contributed by atoms with E-state index < -0.39 is 11.9 Å². The van der Waals surface area contributed by atoms with Crippen molar-refractivity contribution in [2.45, 2.75) is 47.0 Å². The molecule has 1 atom stereocenters. The number of methoxy groups -OCH3 is 1. The van der Waals surface area contributed by atoms with Gasteiger partial charge in [0.15, 0.2) is 18.1 Å². The van der Waals surface area contributed by atoms with E-state index in [0.717, 1.165) is 29.7 Å². The number of aldehydes is 1. The number of fused-ring (bicyclic) bond motifs is 1. The zero-order valence-corrected chi connectivity index (χ0v) is 20.6. The van der Waals surface area contributed by atoms with Crippen molar-refractivity contribution in [3.8, 4) is 11.5 Å². The predicted octanol–water partition coefficient (Wildman–Crippen LogP) is 4.91. The fourth-order valence-electron chi connectivity index (χ4n) is 4.02. The number of esters is 1. The van der Waals surface area contributed by atoms with Gasteiger partial charge in [0.25, 0.3) is 5.91 Å². The third kappa shape index (κ3) is 5.74. The lowest BCUT2D eigenvalue weighted by Gasteiger charge is -2.33. The summed E-state index contributed by atoms with van der Waals surface area (Å²) < 4.78 is 16.1. The summed E-state index contributed by atoms with van der Waals surface area (Å²) in [5, 5.41) is 3.35. The molecule has 1 aromatic heterocycles. The zero-order chi connectivity index (χ0) is 24.2. The van der Waals surface area contributed by atoms with Crippen molar-refractivity contribution in [2.75, 3.05) is 25.6 Å². The molecule has 1 heterocycles. The van der Waals surface area contributed by atoms with Crippen LogP contribution in [0.2, 0.25) is 0 Å². The molecule has 8 heteroatoms. The summed E-state index contributed by atoms with van der Waals surface area (Å²) in [7, 11) is 1.46. The molecule has 0 unspecified atom stereocenters. The van der Waals surface area contributed by atoms with Gasteiger partial charge in [0.1, 0.15) is 11.3 Å². The van der Waals surface area contributed by atoms with Crippen molar-refractivity contribution in [2.24, 2.45) is 11.3 Å². The molecular weight excluding hydrogens is 442 g/mol. The second-order valence-corrected chi connectivity index (χ2v) is 10.2. The Kier molecular flexibility index (Phi) is 7.79. The third-order valence-corrected chi connectivity index (χ3v) is 7.07. The molecule has 0 radical (unpaired) electrons. The van der Waals surface area contributed by atoms with Gasteiger partial charge in [-0.25, -0.2) is 4.79 Å². The van der Waals surface area contributed by atoms with Crippen LogP contribution in [0.25, 0.3) is 0 Å². The van der Waals surface area contributed by atoms with Crippen LogP contribution in [0.5, 0.6) is 11.5 Å². The molecule has 1 aliphatic carbocycles. The van der Waals surface area contributed by atoms with E-state index in [2.05, 4.69) is 26.1 Å². The molecule has 0 spiro atoms. The van der Waals surface area contributed by atoms with Crippen molar-refractivity contribution < 1.29 is 28.6 Å². The molecule has 1 aliphatic rings. The average molecular weight is 474 g/mol. The number of carbonyl (C=O) groups is 3. The van der Waals surface area contributed by atoms with Crippen LogP contribution in [0.4, 0.5) is 5.00 Å². The highest BCUT2D eigenvalue weighted by Crippen LogP contribution is 2.44. The first-order valence-electron chi connectivity index (χ1n) is 11.0. The standard InChI is InChI=1S/C25H31NO6S/c1-6-31-24(29)22-17-9-8-16(25(2,3)4)12-20(17)33-23(22)26-21(28)14-32-18-10-7-15(13-27)11-19(18)30-5/h7,10-11,13,16H,6,8-9,12,14H2,1-5H3,(H,26,28)/t16-/m0/s1. The molecule has 0 fully saturated rings. The Bertz CT molecular complexity index is 1040. The number of benzene rings is 1. The first-order chi connectivity index (χ1) is 15.7. The highest BCUT2D eigenvalue weighted by atomic mass is 32.1. The van der Waals surface area contributed by atoms with Gasteiger partial charge >= 0.3 is 5.97 Å². The van der Waals surface area contributed by atoms with E-state index in [4.69, 9.17) is 14.2 Å². The lowest BCUT2D eigenvalue weighted by Crippen LogP contribution is -2.26. The van der Waals surface area contributed by atoms with Gasteiger partial charge in [-0.2, -0.15) is 0 Å². The topological polar surface area (TPSA) is 90.9 Å². The van der Waals surface area contributed by atoms with E-state index in [9.17, 15) is 14.4 Å². The van der Waals surface area contributed by atoms with Crippen molar-refractivity contribution in [1.29, 1.82) is 0 Å². The van der Waals surface area contributed by atoms with Crippen LogP contribution in [0, 0.1) is 11.3 Å². The summed E-state index contributed by atoms with van der Waals surface area (Å²) in [6.07, 6.45) is 3.36. The van der Waals surface area contributed by atoms with Crippen LogP contribution in [-0.4, -0.2) is 38.5 Å². The quantitative estimate of drug-likeness (QED) is 0.433. The molecule has 7 nitrogen and oxygen atoms in total. The summed E-state index contributed by atoms with van der Waals surface area (Å²) in [5.74, 6) is 0.411. The summed E-state index contributed by atoms with van der Waals surface area (Å²) in [5.41, 5.74) is 2.06. The van der Waals surface area contributed by atoms with Gasteiger partial charge in [0.05, 0.1) is 19.3 Å². The minimum absolute atomic E-state index is 0.168. The Hall–Kier alpha value is -2.87. The molecule has 0 saturated heterocycles.